The molecule has 1 unspecified atom stereocenters. The molecule has 0 aliphatic carbocycles. The zero-order valence-electron chi connectivity index (χ0n) is 15.6. The molecule has 156 valence electrons. The lowest BCUT2D eigenvalue weighted by atomic mass is 9.89. The molecule has 0 bridgehead atoms. The van der Waals surface area contributed by atoms with Gasteiger partial charge in [0.1, 0.15) is 17.7 Å². The lowest BCUT2D eigenvalue weighted by molar-refractivity contribution is -0.134. The second-order valence-electron chi connectivity index (χ2n) is 7.54. The Morgan fingerprint density at radius 2 is 1.93 bits per heavy atom. The van der Waals surface area contributed by atoms with Crippen LogP contribution in [0, 0.1) is 17.6 Å². The molecule has 10 heteroatoms. The zero-order chi connectivity index (χ0) is 20.5. The smallest absolute Gasteiger partial charge is 0.407 e. The number of alkyl carbamates (subject to hydrolysis) is 1. The third-order valence-electron chi connectivity index (χ3n) is 5.38. The van der Waals surface area contributed by atoms with E-state index in [-0.39, 0.29) is 24.5 Å². The Morgan fingerprint density at radius 3 is 2.52 bits per heavy atom. The van der Waals surface area contributed by atoms with Crippen LogP contribution in [0.3, 0.4) is 0 Å². The van der Waals surface area contributed by atoms with Gasteiger partial charge >= 0.3 is 6.09 Å². The molecule has 1 aromatic rings. The summed E-state index contributed by atoms with van der Waals surface area (Å²) in [6, 6.07) is 2.32. The number of imide groups is 1. The van der Waals surface area contributed by atoms with Gasteiger partial charge in [0.05, 0.1) is 32.2 Å². The van der Waals surface area contributed by atoms with Gasteiger partial charge in [-0.15, -0.1) is 0 Å². The molecule has 4 rings (SSSR count). The number of ether oxygens (including phenoxy) is 2. The summed E-state index contributed by atoms with van der Waals surface area (Å²) in [6.07, 6.45) is -0.780. The van der Waals surface area contributed by atoms with Crippen molar-refractivity contribution in [1.82, 2.24) is 10.6 Å². The van der Waals surface area contributed by atoms with Crippen molar-refractivity contribution in [3.8, 4) is 0 Å². The van der Waals surface area contributed by atoms with Gasteiger partial charge in [0, 0.05) is 30.1 Å². The molecule has 8 nitrogen and oxygen atoms in total. The van der Waals surface area contributed by atoms with Gasteiger partial charge in [-0.05, 0) is 18.6 Å². The van der Waals surface area contributed by atoms with E-state index in [1.807, 2.05) is 0 Å². The molecule has 3 aliphatic rings. The molecule has 1 aromatic carbocycles. The maximum absolute atomic E-state index is 14.6. The molecule has 3 saturated heterocycles. The zero-order valence-corrected chi connectivity index (χ0v) is 15.6. The summed E-state index contributed by atoms with van der Waals surface area (Å²) in [4.78, 5) is 36.6. The molecular formula is C19H21F2N3O5. The van der Waals surface area contributed by atoms with Crippen LogP contribution in [0.25, 0.3) is 0 Å². The predicted molar refractivity (Wildman–Crippen MR) is 96.3 cm³/mol. The molecule has 0 saturated carbocycles. The highest BCUT2D eigenvalue weighted by molar-refractivity contribution is 6.01. The SMILES string of the molecule is O=C1CCC(c2c(F)cc(N3CC(OC(=O)NCC4COC4)C3)cc2F)C(=O)N1. The lowest BCUT2D eigenvalue weighted by Gasteiger charge is -2.40. The minimum absolute atomic E-state index is 0.0397. The molecule has 3 heterocycles. The summed E-state index contributed by atoms with van der Waals surface area (Å²) in [6.45, 7) is 2.38. The average molecular weight is 409 g/mol. The van der Waals surface area contributed by atoms with E-state index in [0.29, 0.717) is 44.5 Å². The summed E-state index contributed by atoms with van der Waals surface area (Å²) in [5.41, 5.74) is -0.0191. The van der Waals surface area contributed by atoms with E-state index in [9.17, 15) is 23.2 Å². The first-order valence-corrected chi connectivity index (χ1v) is 9.50. The first-order chi connectivity index (χ1) is 13.9. The van der Waals surface area contributed by atoms with Crippen LogP contribution in [0.2, 0.25) is 0 Å². The maximum atomic E-state index is 14.6. The van der Waals surface area contributed by atoms with Crippen molar-refractivity contribution >= 4 is 23.6 Å². The molecular weight excluding hydrogens is 388 g/mol. The molecule has 3 amide bonds. The van der Waals surface area contributed by atoms with Gasteiger partial charge in [0.15, 0.2) is 0 Å². The van der Waals surface area contributed by atoms with Crippen molar-refractivity contribution in [1.29, 1.82) is 0 Å². The molecule has 0 spiro atoms. The summed E-state index contributed by atoms with van der Waals surface area (Å²) >= 11 is 0. The van der Waals surface area contributed by atoms with E-state index < -0.39 is 35.5 Å². The van der Waals surface area contributed by atoms with Crippen molar-refractivity contribution in [2.24, 2.45) is 5.92 Å². The Morgan fingerprint density at radius 1 is 1.24 bits per heavy atom. The Kier molecular flexibility index (Phi) is 5.35. The lowest BCUT2D eigenvalue weighted by Crippen LogP contribution is -2.54. The fourth-order valence-corrected chi connectivity index (χ4v) is 3.60. The number of nitrogens with zero attached hydrogens (tertiary/aromatic N) is 1. The van der Waals surface area contributed by atoms with Crippen molar-refractivity contribution < 1.29 is 32.6 Å². The molecule has 1 atom stereocenters. The standard InChI is InChI=1S/C19H21F2N3O5/c20-14-3-11(4-15(21)17(14)13-1-2-16(25)23-18(13)26)24-6-12(7-24)29-19(27)22-5-10-8-28-9-10/h3-4,10,12-13H,1-2,5-9H2,(H,22,27)(H,23,25,26). The van der Waals surface area contributed by atoms with Crippen LogP contribution in [0.5, 0.6) is 0 Å². The van der Waals surface area contributed by atoms with Crippen LogP contribution >= 0.6 is 0 Å². The summed E-state index contributed by atoms with van der Waals surface area (Å²) in [7, 11) is 0. The van der Waals surface area contributed by atoms with Crippen LogP contribution in [0.4, 0.5) is 19.3 Å². The topological polar surface area (TPSA) is 97.0 Å². The number of hydrogen-bond donors (Lipinski definition) is 2. The summed E-state index contributed by atoms with van der Waals surface area (Å²) < 4.78 is 39.4. The van der Waals surface area contributed by atoms with Crippen molar-refractivity contribution in [3.05, 3.63) is 29.3 Å². The Balaban J connectivity index is 1.32. The van der Waals surface area contributed by atoms with Gasteiger partial charge in [-0.3, -0.25) is 14.9 Å². The van der Waals surface area contributed by atoms with E-state index in [2.05, 4.69) is 10.6 Å². The van der Waals surface area contributed by atoms with Gasteiger partial charge in [-0.25, -0.2) is 13.6 Å². The number of benzene rings is 1. The minimum atomic E-state index is -1.03. The van der Waals surface area contributed by atoms with E-state index in [1.165, 1.54) is 0 Å². The largest absolute Gasteiger partial charge is 0.442 e. The normalized spacial score (nSPS) is 22.6. The van der Waals surface area contributed by atoms with Gasteiger partial charge in [-0.2, -0.15) is 0 Å². The minimum Gasteiger partial charge on any atom is -0.442 e. The van der Waals surface area contributed by atoms with E-state index in [0.717, 1.165) is 12.1 Å². The fraction of sp³-hybridized carbons (Fsp3) is 0.526. The van der Waals surface area contributed by atoms with Crippen LogP contribution in [-0.2, 0) is 19.1 Å². The quantitative estimate of drug-likeness (QED) is 0.706. The Hall–Kier alpha value is -2.75. The number of amides is 3. The number of nitrogens with one attached hydrogen (secondary N) is 2. The molecule has 0 aromatic heterocycles. The number of carbonyl (C=O) groups is 3. The summed E-state index contributed by atoms with van der Waals surface area (Å²) in [5, 5.41) is 4.77. The third kappa shape index (κ3) is 4.16. The van der Waals surface area contributed by atoms with Crippen LogP contribution < -0.4 is 15.5 Å². The van der Waals surface area contributed by atoms with Gasteiger partial charge in [0.25, 0.3) is 0 Å². The first-order valence-electron chi connectivity index (χ1n) is 9.50. The first kappa shape index (κ1) is 19.6. The predicted octanol–water partition coefficient (Wildman–Crippen LogP) is 1.05. The monoisotopic (exact) mass is 409 g/mol. The molecule has 3 aliphatic heterocycles. The van der Waals surface area contributed by atoms with Gasteiger partial charge < -0.3 is 19.7 Å². The number of halogens is 2. The van der Waals surface area contributed by atoms with Crippen molar-refractivity contribution in [2.75, 3.05) is 37.7 Å². The van der Waals surface area contributed by atoms with E-state index >= 15 is 0 Å². The van der Waals surface area contributed by atoms with Gasteiger partial charge in [-0.1, -0.05) is 0 Å². The highest BCUT2D eigenvalue weighted by Gasteiger charge is 2.35. The number of anilines is 1. The van der Waals surface area contributed by atoms with Crippen LogP contribution in [-0.4, -0.2) is 56.9 Å². The second kappa shape index (κ2) is 7.94. The Bertz CT molecular complexity index is 816. The van der Waals surface area contributed by atoms with Gasteiger partial charge in [0.2, 0.25) is 11.8 Å². The van der Waals surface area contributed by atoms with Crippen LogP contribution in [0.1, 0.15) is 24.3 Å². The molecule has 2 N–H and O–H groups in total. The molecule has 0 radical (unpaired) electrons. The van der Waals surface area contributed by atoms with E-state index in [1.54, 1.807) is 4.90 Å². The van der Waals surface area contributed by atoms with Crippen molar-refractivity contribution in [3.63, 3.8) is 0 Å². The molecule has 29 heavy (non-hydrogen) atoms. The maximum Gasteiger partial charge on any atom is 0.407 e. The highest BCUT2D eigenvalue weighted by Crippen LogP contribution is 2.33. The van der Waals surface area contributed by atoms with Crippen molar-refractivity contribution in [2.45, 2.75) is 24.9 Å². The number of carbonyl (C=O) groups excluding carboxylic acids is 3. The second-order valence-corrected chi connectivity index (χ2v) is 7.54. The number of hydrogen-bond acceptors (Lipinski definition) is 6. The Labute approximate surface area is 165 Å². The molecule has 3 fully saturated rings. The number of rotatable bonds is 5. The summed E-state index contributed by atoms with van der Waals surface area (Å²) in [5.74, 6) is -3.52. The van der Waals surface area contributed by atoms with Crippen LogP contribution in [0.15, 0.2) is 12.1 Å². The fourth-order valence-electron chi connectivity index (χ4n) is 3.60. The van der Waals surface area contributed by atoms with E-state index in [4.69, 9.17) is 9.47 Å². The number of piperidine rings is 1. The average Bonchev–Trinajstić information content (AvgIpc) is 2.57. The third-order valence-corrected chi connectivity index (χ3v) is 5.38. The highest BCUT2D eigenvalue weighted by atomic mass is 19.1.